The minimum Gasteiger partial charge on any atom is -0.493 e. The molecular formula is C16H15BrFNO3. The summed E-state index contributed by atoms with van der Waals surface area (Å²) in [7, 11) is 1.55. The van der Waals surface area contributed by atoms with Crippen LogP contribution in [0.4, 0.5) is 10.1 Å². The molecule has 6 heteroatoms. The molecule has 22 heavy (non-hydrogen) atoms. The first-order chi connectivity index (χ1) is 10.6. The van der Waals surface area contributed by atoms with E-state index in [1.807, 2.05) is 12.1 Å². The highest BCUT2D eigenvalue weighted by Gasteiger charge is 2.09. The van der Waals surface area contributed by atoms with Crippen LogP contribution in [0.25, 0.3) is 0 Å². The lowest BCUT2D eigenvalue weighted by atomic mass is 10.3. The summed E-state index contributed by atoms with van der Waals surface area (Å²) in [6.07, 6.45) is 0.105. The molecule has 4 nitrogen and oxygen atoms in total. The SMILES string of the molecule is COc1ccccc1OCCC(=O)Nc1ccc(Br)cc1F. The van der Waals surface area contributed by atoms with Gasteiger partial charge in [0.15, 0.2) is 11.5 Å². The van der Waals surface area contributed by atoms with Crippen LogP contribution in [0.15, 0.2) is 46.9 Å². The van der Waals surface area contributed by atoms with E-state index in [4.69, 9.17) is 9.47 Å². The molecule has 1 amide bonds. The highest BCUT2D eigenvalue weighted by molar-refractivity contribution is 9.10. The Labute approximate surface area is 136 Å². The van der Waals surface area contributed by atoms with Crippen molar-refractivity contribution in [3.05, 3.63) is 52.8 Å². The van der Waals surface area contributed by atoms with Crippen LogP contribution < -0.4 is 14.8 Å². The predicted molar refractivity (Wildman–Crippen MR) is 85.8 cm³/mol. The Morgan fingerprint density at radius 2 is 1.95 bits per heavy atom. The zero-order valence-electron chi connectivity index (χ0n) is 11.9. The number of para-hydroxylation sites is 2. The number of hydrogen-bond donors (Lipinski definition) is 1. The zero-order chi connectivity index (χ0) is 15.9. The van der Waals surface area contributed by atoms with E-state index < -0.39 is 5.82 Å². The molecule has 0 unspecified atom stereocenters. The third kappa shape index (κ3) is 4.46. The van der Waals surface area contributed by atoms with Gasteiger partial charge in [-0.05, 0) is 30.3 Å². The van der Waals surface area contributed by atoms with Crippen LogP contribution in [0.1, 0.15) is 6.42 Å². The van der Waals surface area contributed by atoms with Gasteiger partial charge in [-0.15, -0.1) is 0 Å². The van der Waals surface area contributed by atoms with Gasteiger partial charge in [0.1, 0.15) is 5.82 Å². The second kappa shape index (κ2) is 7.79. The molecule has 0 radical (unpaired) electrons. The summed E-state index contributed by atoms with van der Waals surface area (Å²) in [5.41, 5.74) is 0.144. The van der Waals surface area contributed by atoms with Gasteiger partial charge in [0.2, 0.25) is 5.91 Å². The average molecular weight is 368 g/mol. The first-order valence-corrected chi connectivity index (χ1v) is 7.40. The normalized spacial score (nSPS) is 10.1. The van der Waals surface area contributed by atoms with Crippen LogP contribution in [0.3, 0.4) is 0 Å². The summed E-state index contributed by atoms with van der Waals surface area (Å²) in [5, 5.41) is 2.51. The fourth-order valence-corrected chi connectivity index (χ4v) is 2.13. The molecule has 0 aliphatic carbocycles. The first kappa shape index (κ1) is 16.3. The third-order valence-corrected chi connectivity index (χ3v) is 3.35. The van der Waals surface area contributed by atoms with Crippen LogP contribution >= 0.6 is 15.9 Å². The molecule has 0 saturated carbocycles. The summed E-state index contributed by atoms with van der Waals surface area (Å²) >= 11 is 3.16. The van der Waals surface area contributed by atoms with Crippen molar-refractivity contribution < 1.29 is 18.7 Å². The van der Waals surface area contributed by atoms with Gasteiger partial charge >= 0.3 is 0 Å². The van der Waals surface area contributed by atoms with Crippen molar-refractivity contribution in [1.82, 2.24) is 0 Å². The van der Waals surface area contributed by atoms with E-state index in [1.54, 1.807) is 25.3 Å². The second-order valence-electron chi connectivity index (χ2n) is 4.42. The Hall–Kier alpha value is -2.08. The van der Waals surface area contributed by atoms with Gasteiger partial charge in [0.05, 0.1) is 25.8 Å². The Bertz CT molecular complexity index is 664. The van der Waals surface area contributed by atoms with Crippen molar-refractivity contribution in [3.63, 3.8) is 0 Å². The fraction of sp³-hybridized carbons (Fsp3) is 0.188. The maximum atomic E-state index is 13.6. The van der Waals surface area contributed by atoms with Crippen molar-refractivity contribution in [3.8, 4) is 11.5 Å². The summed E-state index contributed by atoms with van der Waals surface area (Å²) in [5.74, 6) is 0.346. The number of nitrogens with one attached hydrogen (secondary N) is 1. The zero-order valence-corrected chi connectivity index (χ0v) is 13.5. The van der Waals surface area contributed by atoms with Gasteiger partial charge < -0.3 is 14.8 Å². The Morgan fingerprint density at radius 1 is 1.23 bits per heavy atom. The molecule has 0 aliphatic heterocycles. The molecule has 0 atom stereocenters. The first-order valence-electron chi connectivity index (χ1n) is 6.61. The molecule has 0 aliphatic rings. The van der Waals surface area contributed by atoms with Crippen molar-refractivity contribution in [2.45, 2.75) is 6.42 Å². The van der Waals surface area contributed by atoms with E-state index in [9.17, 15) is 9.18 Å². The molecular weight excluding hydrogens is 353 g/mol. The number of methoxy groups -OCH3 is 1. The highest BCUT2D eigenvalue weighted by atomic mass is 79.9. The second-order valence-corrected chi connectivity index (χ2v) is 5.34. The van der Waals surface area contributed by atoms with Crippen LogP contribution in [0.5, 0.6) is 11.5 Å². The van der Waals surface area contributed by atoms with Gasteiger partial charge in [-0.2, -0.15) is 0 Å². The van der Waals surface area contributed by atoms with Crippen molar-refractivity contribution in [2.75, 3.05) is 19.0 Å². The fourth-order valence-electron chi connectivity index (χ4n) is 1.80. The molecule has 2 aromatic rings. The highest BCUT2D eigenvalue weighted by Crippen LogP contribution is 2.25. The lowest BCUT2D eigenvalue weighted by molar-refractivity contribution is -0.116. The van der Waals surface area contributed by atoms with Gasteiger partial charge in [-0.3, -0.25) is 4.79 Å². The number of rotatable bonds is 6. The summed E-state index contributed by atoms with van der Waals surface area (Å²) in [6.45, 7) is 0.171. The Balaban J connectivity index is 1.85. The summed E-state index contributed by atoms with van der Waals surface area (Å²) in [4.78, 5) is 11.8. The molecule has 2 rings (SSSR count). The van der Waals surface area contributed by atoms with Crippen LogP contribution in [-0.4, -0.2) is 19.6 Å². The lowest BCUT2D eigenvalue weighted by Gasteiger charge is -2.10. The number of carbonyl (C=O) groups is 1. The third-order valence-electron chi connectivity index (χ3n) is 2.86. The predicted octanol–water partition coefficient (Wildman–Crippen LogP) is 4.00. The van der Waals surface area contributed by atoms with Crippen molar-refractivity contribution in [2.24, 2.45) is 0 Å². The maximum absolute atomic E-state index is 13.6. The van der Waals surface area contributed by atoms with Crippen molar-refractivity contribution in [1.29, 1.82) is 0 Å². The molecule has 0 heterocycles. The molecule has 2 aromatic carbocycles. The van der Waals surface area contributed by atoms with E-state index >= 15 is 0 Å². The summed E-state index contributed by atoms with van der Waals surface area (Å²) in [6, 6.07) is 11.6. The van der Waals surface area contributed by atoms with Crippen LogP contribution in [0, 0.1) is 5.82 Å². The van der Waals surface area contributed by atoms with Gasteiger partial charge in [0.25, 0.3) is 0 Å². The topological polar surface area (TPSA) is 47.6 Å². The van der Waals surface area contributed by atoms with Gasteiger partial charge in [-0.25, -0.2) is 4.39 Å². The quantitative estimate of drug-likeness (QED) is 0.838. The number of benzene rings is 2. The molecule has 0 spiro atoms. The summed E-state index contributed by atoms with van der Waals surface area (Å²) < 4.78 is 24.9. The van der Waals surface area contributed by atoms with E-state index in [0.717, 1.165) is 0 Å². The van der Waals surface area contributed by atoms with E-state index in [2.05, 4.69) is 21.2 Å². The van der Waals surface area contributed by atoms with Gasteiger partial charge in [0, 0.05) is 4.47 Å². The lowest BCUT2D eigenvalue weighted by Crippen LogP contribution is -2.16. The molecule has 0 bridgehead atoms. The number of amides is 1. The number of carbonyl (C=O) groups excluding carboxylic acids is 1. The molecule has 116 valence electrons. The molecule has 1 N–H and O–H groups in total. The maximum Gasteiger partial charge on any atom is 0.227 e. The van der Waals surface area contributed by atoms with Crippen LogP contribution in [0.2, 0.25) is 0 Å². The molecule has 0 aromatic heterocycles. The monoisotopic (exact) mass is 367 g/mol. The minimum atomic E-state index is -0.492. The largest absolute Gasteiger partial charge is 0.493 e. The van der Waals surface area contributed by atoms with E-state index in [0.29, 0.717) is 16.0 Å². The minimum absolute atomic E-state index is 0.105. The standard InChI is InChI=1S/C16H15BrFNO3/c1-21-14-4-2-3-5-15(14)22-9-8-16(20)19-13-7-6-11(17)10-12(13)18/h2-7,10H,8-9H2,1H3,(H,19,20). The smallest absolute Gasteiger partial charge is 0.227 e. The number of anilines is 1. The van der Waals surface area contributed by atoms with E-state index in [1.165, 1.54) is 12.1 Å². The van der Waals surface area contributed by atoms with E-state index in [-0.39, 0.29) is 24.6 Å². The van der Waals surface area contributed by atoms with Crippen LogP contribution in [-0.2, 0) is 4.79 Å². The Morgan fingerprint density at radius 3 is 2.64 bits per heavy atom. The van der Waals surface area contributed by atoms with Crippen molar-refractivity contribution >= 4 is 27.5 Å². The number of halogens is 2. The average Bonchev–Trinajstić information content (AvgIpc) is 2.50. The Kier molecular flexibility index (Phi) is 5.77. The molecule has 0 fully saturated rings. The number of ether oxygens (including phenoxy) is 2. The molecule has 0 saturated heterocycles. The van der Waals surface area contributed by atoms with Gasteiger partial charge in [-0.1, -0.05) is 28.1 Å². The number of hydrogen-bond acceptors (Lipinski definition) is 3.